The Morgan fingerprint density at radius 1 is 1.26 bits per heavy atom. The number of carboxylic acids is 1. The summed E-state index contributed by atoms with van der Waals surface area (Å²) in [6, 6.07) is 10.4. The lowest BCUT2D eigenvalue weighted by Crippen LogP contribution is -2.18. The molecule has 1 atom stereocenters. The monoisotopic (exact) mass is 292 g/mol. The number of rotatable bonds is 1. The summed E-state index contributed by atoms with van der Waals surface area (Å²) in [5, 5.41) is 9.54. The Labute approximate surface area is 118 Å². The fourth-order valence-electron chi connectivity index (χ4n) is 2.29. The van der Waals surface area contributed by atoms with Crippen molar-refractivity contribution in [3.63, 3.8) is 0 Å². The van der Waals surface area contributed by atoms with Crippen molar-refractivity contribution in [2.24, 2.45) is 0 Å². The highest BCUT2D eigenvalue weighted by Gasteiger charge is 2.31. The van der Waals surface area contributed by atoms with E-state index in [0.29, 0.717) is 21.9 Å². The van der Waals surface area contributed by atoms with Crippen molar-refractivity contribution in [1.82, 2.24) is 0 Å². The predicted molar refractivity (Wildman–Crippen MR) is 72.3 cm³/mol. The molecule has 3 nitrogen and oxygen atoms in total. The van der Waals surface area contributed by atoms with Crippen molar-refractivity contribution < 1.29 is 14.5 Å². The maximum Gasteiger partial charge on any atom is 0.336 e. The molecule has 0 radical (unpaired) electrons. The Morgan fingerprint density at radius 2 is 2.00 bits per heavy atom. The van der Waals surface area contributed by atoms with Gasteiger partial charge in [0.2, 0.25) is 0 Å². The maximum absolute atomic E-state index is 12.5. The molecular weight excluding hydrogens is 284 g/mol. The molecule has 0 bridgehead atoms. The average Bonchev–Trinajstić information content (AvgIpc) is 2.39. The third kappa shape index (κ3) is 2.02. The standard InChI is InChI=1S/C14H9ClO3S/c15-9-6-11(14(16)17)10-5-8-3-1-2-4-12(8)19(18)13(10)7-9/h1-4,6-7H,5H2,(H,16,17). The molecule has 1 unspecified atom stereocenters. The summed E-state index contributed by atoms with van der Waals surface area (Å²) in [5.41, 5.74) is 1.62. The van der Waals surface area contributed by atoms with E-state index >= 15 is 0 Å². The van der Waals surface area contributed by atoms with Gasteiger partial charge in [-0.25, -0.2) is 4.79 Å². The third-order valence-electron chi connectivity index (χ3n) is 3.14. The van der Waals surface area contributed by atoms with Crippen molar-refractivity contribution in [1.29, 1.82) is 0 Å². The summed E-state index contributed by atoms with van der Waals surface area (Å²) >= 11 is 4.55. The van der Waals surface area contributed by atoms with E-state index in [2.05, 4.69) is 0 Å². The van der Waals surface area contributed by atoms with Gasteiger partial charge in [0, 0.05) is 39.8 Å². The van der Waals surface area contributed by atoms with Gasteiger partial charge >= 0.3 is 5.97 Å². The van der Waals surface area contributed by atoms with Crippen molar-refractivity contribution in [2.45, 2.75) is 16.2 Å². The largest absolute Gasteiger partial charge is 0.606 e. The molecule has 2 aromatic carbocycles. The van der Waals surface area contributed by atoms with Gasteiger partial charge in [-0.05, 0) is 12.1 Å². The molecule has 96 valence electrons. The first-order chi connectivity index (χ1) is 9.08. The summed E-state index contributed by atoms with van der Waals surface area (Å²) in [5.74, 6) is -1.05. The first-order valence-electron chi connectivity index (χ1n) is 5.63. The van der Waals surface area contributed by atoms with E-state index in [1.54, 1.807) is 12.1 Å². The number of carbonyl (C=O) groups is 1. The molecule has 0 aromatic heterocycles. The molecule has 1 aliphatic rings. The van der Waals surface area contributed by atoms with E-state index in [9.17, 15) is 14.5 Å². The van der Waals surface area contributed by atoms with Gasteiger partial charge in [-0.2, -0.15) is 0 Å². The van der Waals surface area contributed by atoms with Crippen molar-refractivity contribution in [3.8, 4) is 0 Å². The van der Waals surface area contributed by atoms with Gasteiger partial charge in [0.05, 0.1) is 5.56 Å². The van der Waals surface area contributed by atoms with Crippen LogP contribution >= 0.6 is 11.6 Å². The number of hydrogen-bond acceptors (Lipinski definition) is 2. The molecule has 0 aliphatic carbocycles. The predicted octanol–water partition coefficient (Wildman–Crippen LogP) is 3.11. The van der Waals surface area contributed by atoms with Crippen LogP contribution in [-0.2, 0) is 17.6 Å². The molecule has 0 saturated heterocycles. The first kappa shape index (κ1) is 12.5. The van der Waals surface area contributed by atoms with E-state index in [1.807, 2.05) is 18.2 Å². The molecule has 0 spiro atoms. The molecule has 0 saturated carbocycles. The Hall–Kier alpha value is -1.49. The van der Waals surface area contributed by atoms with Crippen LogP contribution in [0.25, 0.3) is 0 Å². The number of fused-ring (bicyclic) bond motifs is 2. The minimum absolute atomic E-state index is 0.130. The van der Waals surface area contributed by atoms with Gasteiger partial charge in [0.25, 0.3) is 0 Å². The van der Waals surface area contributed by atoms with Gasteiger partial charge in [-0.3, -0.25) is 0 Å². The second-order valence-electron chi connectivity index (χ2n) is 4.29. The third-order valence-corrected chi connectivity index (χ3v) is 4.92. The lowest BCUT2D eigenvalue weighted by atomic mass is 9.99. The number of carboxylic acid groups (broad SMARTS) is 1. The Bertz CT molecular complexity index is 684. The topological polar surface area (TPSA) is 60.4 Å². The number of aromatic carboxylic acids is 1. The highest BCUT2D eigenvalue weighted by atomic mass is 35.5. The molecule has 0 fully saturated rings. The average molecular weight is 293 g/mol. The smallest absolute Gasteiger partial charge is 0.336 e. The van der Waals surface area contributed by atoms with Crippen LogP contribution in [0.4, 0.5) is 0 Å². The van der Waals surface area contributed by atoms with Gasteiger partial charge in [-0.1, -0.05) is 29.8 Å². The van der Waals surface area contributed by atoms with Crippen LogP contribution < -0.4 is 0 Å². The summed E-state index contributed by atoms with van der Waals surface area (Å²) in [7, 11) is 0. The lowest BCUT2D eigenvalue weighted by molar-refractivity contribution is 0.0695. The number of halogens is 1. The molecule has 19 heavy (non-hydrogen) atoms. The van der Waals surface area contributed by atoms with E-state index < -0.39 is 17.1 Å². The molecule has 2 aromatic rings. The van der Waals surface area contributed by atoms with Crippen molar-refractivity contribution in [3.05, 3.63) is 58.1 Å². The van der Waals surface area contributed by atoms with Crippen LogP contribution in [0, 0.1) is 0 Å². The van der Waals surface area contributed by atoms with Crippen LogP contribution in [0.1, 0.15) is 21.5 Å². The van der Waals surface area contributed by atoms with E-state index in [0.717, 1.165) is 10.5 Å². The van der Waals surface area contributed by atoms with Gasteiger partial charge in [0.1, 0.15) is 0 Å². The summed E-state index contributed by atoms with van der Waals surface area (Å²) in [6.07, 6.45) is 0.468. The van der Waals surface area contributed by atoms with Gasteiger partial charge < -0.3 is 9.66 Å². The van der Waals surface area contributed by atoms with Crippen molar-refractivity contribution in [2.75, 3.05) is 0 Å². The fourth-order valence-corrected chi connectivity index (χ4v) is 4.03. The molecule has 1 aliphatic heterocycles. The zero-order valence-electron chi connectivity index (χ0n) is 9.72. The van der Waals surface area contributed by atoms with E-state index in [-0.39, 0.29) is 5.56 Å². The van der Waals surface area contributed by atoms with Crippen molar-refractivity contribution >= 4 is 28.7 Å². The molecule has 1 heterocycles. The van der Waals surface area contributed by atoms with E-state index in [4.69, 9.17) is 11.6 Å². The second kappa shape index (κ2) is 4.56. The SMILES string of the molecule is O=C(O)c1cc(Cl)cc2c1Cc1ccccc1[S+]2[O-]. The summed E-state index contributed by atoms with van der Waals surface area (Å²) in [4.78, 5) is 12.5. The number of hydrogen-bond donors (Lipinski definition) is 1. The van der Waals surface area contributed by atoms with Crippen LogP contribution in [0.3, 0.4) is 0 Å². The van der Waals surface area contributed by atoms with Crippen LogP contribution in [-0.4, -0.2) is 15.6 Å². The zero-order chi connectivity index (χ0) is 13.6. The van der Waals surface area contributed by atoms with Crippen LogP contribution in [0.2, 0.25) is 5.02 Å². The van der Waals surface area contributed by atoms with Gasteiger partial charge in [-0.15, -0.1) is 0 Å². The highest BCUT2D eigenvalue weighted by Crippen LogP contribution is 2.37. The van der Waals surface area contributed by atoms with E-state index in [1.165, 1.54) is 6.07 Å². The quantitative estimate of drug-likeness (QED) is 0.822. The first-order valence-corrected chi connectivity index (χ1v) is 7.16. The molecule has 1 N–H and O–H groups in total. The Morgan fingerprint density at radius 3 is 2.74 bits per heavy atom. The normalized spacial score (nSPS) is 16.6. The minimum atomic E-state index is -1.37. The summed E-state index contributed by atoms with van der Waals surface area (Å²) < 4.78 is 12.5. The zero-order valence-corrected chi connectivity index (χ0v) is 11.3. The Kier molecular flexibility index (Phi) is 3.01. The van der Waals surface area contributed by atoms with Crippen LogP contribution in [0.15, 0.2) is 46.2 Å². The lowest BCUT2D eigenvalue weighted by Gasteiger charge is -2.22. The van der Waals surface area contributed by atoms with Gasteiger partial charge in [0.15, 0.2) is 9.79 Å². The summed E-state index contributed by atoms with van der Waals surface area (Å²) in [6.45, 7) is 0. The number of benzene rings is 2. The Balaban J connectivity index is 2.25. The molecule has 5 heteroatoms. The molecule has 0 amide bonds. The minimum Gasteiger partial charge on any atom is -0.606 e. The molecular formula is C14H9ClO3S. The highest BCUT2D eigenvalue weighted by molar-refractivity contribution is 7.91. The maximum atomic E-state index is 12.5. The molecule has 3 rings (SSSR count). The fraction of sp³-hybridized carbons (Fsp3) is 0.0714. The second-order valence-corrected chi connectivity index (χ2v) is 6.14. The van der Waals surface area contributed by atoms with Crippen LogP contribution in [0.5, 0.6) is 0 Å².